The number of carboxylic acid groups (broad SMARTS) is 1. The van der Waals surface area contributed by atoms with E-state index in [1.807, 2.05) is 18.2 Å². The van der Waals surface area contributed by atoms with Gasteiger partial charge in [-0.3, -0.25) is 0 Å². The molecule has 0 fully saturated rings. The first-order valence-corrected chi connectivity index (χ1v) is 8.94. The third kappa shape index (κ3) is 4.50. The van der Waals surface area contributed by atoms with Gasteiger partial charge in [0.25, 0.3) is 0 Å². The average Bonchev–Trinajstić information content (AvgIpc) is 2.51. The maximum Gasteiger partial charge on any atom is 0.328 e. The Kier molecular flexibility index (Phi) is 5.41. The molecule has 0 unspecified atom stereocenters. The van der Waals surface area contributed by atoms with Crippen molar-refractivity contribution in [3.05, 3.63) is 64.8 Å². The molecular weight excluding hydrogens is 308 g/mol. The summed E-state index contributed by atoms with van der Waals surface area (Å²) in [6.07, 6.45) is 9.42. The van der Waals surface area contributed by atoms with E-state index in [1.165, 1.54) is 41.2 Å². The van der Waals surface area contributed by atoms with Crippen molar-refractivity contribution < 1.29 is 9.90 Å². The van der Waals surface area contributed by atoms with Crippen LogP contribution in [0.25, 0.3) is 5.57 Å². The van der Waals surface area contributed by atoms with Gasteiger partial charge < -0.3 is 5.11 Å². The van der Waals surface area contributed by atoms with Crippen LogP contribution in [0, 0.1) is 0 Å². The summed E-state index contributed by atoms with van der Waals surface area (Å²) in [5.74, 6) is -0.914. The van der Waals surface area contributed by atoms with Crippen molar-refractivity contribution in [2.45, 2.75) is 65.2 Å². The highest BCUT2D eigenvalue weighted by Crippen LogP contribution is 2.46. The Hall–Kier alpha value is -2.09. The molecule has 1 aromatic rings. The van der Waals surface area contributed by atoms with Crippen molar-refractivity contribution in [1.82, 2.24) is 0 Å². The Labute approximate surface area is 152 Å². The number of carbonyl (C=O) groups is 1. The molecule has 1 aliphatic carbocycles. The maximum atomic E-state index is 10.7. The van der Waals surface area contributed by atoms with Crippen molar-refractivity contribution in [3.8, 4) is 0 Å². The number of benzene rings is 1. The van der Waals surface area contributed by atoms with E-state index in [4.69, 9.17) is 5.11 Å². The van der Waals surface area contributed by atoms with E-state index in [9.17, 15) is 4.79 Å². The van der Waals surface area contributed by atoms with E-state index < -0.39 is 5.97 Å². The summed E-state index contributed by atoms with van der Waals surface area (Å²) in [5.41, 5.74) is 6.51. The van der Waals surface area contributed by atoms with Gasteiger partial charge in [-0.2, -0.15) is 0 Å². The van der Waals surface area contributed by atoms with Gasteiger partial charge in [0.05, 0.1) is 0 Å². The summed E-state index contributed by atoms with van der Waals surface area (Å²) in [7, 11) is 0. The number of carboxylic acids is 1. The van der Waals surface area contributed by atoms with Crippen LogP contribution in [0.2, 0.25) is 0 Å². The molecule has 1 aliphatic rings. The lowest BCUT2D eigenvalue weighted by Gasteiger charge is -2.42. The smallest absolute Gasteiger partial charge is 0.328 e. The van der Waals surface area contributed by atoms with Gasteiger partial charge in [-0.05, 0) is 65.4 Å². The second kappa shape index (κ2) is 7.03. The fourth-order valence-corrected chi connectivity index (χ4v) is 3.52. The number of fused-ring (bicyclic) bond motifs is 1. The third-order valence-corrected chi connectivity index (χ3v) is 5.36. The molecule has 0 spiro atoms. The molecule has 0 bridgehead atoms. The molecule has 0 heterocycles. The molecule has 0 saturated carbocycles. The van der Waals surface area contributed by atoms with Gasteiger partial charge >= 0.3 is 5.97 Å². The largest absolute Gasteiger partial charge is 0.478 e. The number of allylic oxidation sites excluding steroid dienone is 5. The number of rotatable bonds is 4. The second-order valence-corrected chi connectivity index (χ2v) is 8.46. The van der Waals surface area contributed by atoms with E-state index in [0.717, 1.165) is 5.57 Å². The molecule has 0 atom stereocenters. The predicted molar refractivity (Wildman–Crippen MR) is 106 cm³/mol. The van der Waals surface area contributed by atoms with Crippen LogP contribution in [-0.2, 0) is 15.6 Å². The lowest BCUT2D eigenvalue weighted by atomic mass is 9.63. The van der Waals surface area contributed by atoms with Crippen LogP contribution in [0.3, 0.4) is 0 Å². The Morgan fingerprint density at radius 3 is 2.24 bits per heavy atom. The van der Waals surface area contributed by atoms with Gasteiger partial charge in [0.15, 0.2) is 0 Å². The molecule has 25 heavy (non-hydrogen) atoms. The van der Waals surface area contributed by atoms with Gasteiger partial charge in [-0.1, -0.05) is 64.1 Å². The average molecular weight is 338 g/mol. The van der Waals surface area contributed by atoms with E-state index in [-0.39, 0.29) is 10.8 Å². The summed E-state index contributed by atoms with van der Waals surface area (Å²) in [6, 6.07) is 6.85. The maximum absolute atomic E-state index is 10.7. The first-order chi connectivity index (χ1) is 11.5. The molecule has 1 N–H and O–H groups in total. The fraction of sp³-hybridized carbons (Fsp3) is 0.435. The van der Waals surface area contributed by atoms with E-state index in [1.54, 1.807) is 6.92 Å². The highest BCUT2D eigenvalue weighted by Gasteiger charge is 2.36. The molecule has 1 aromatic carbocycles. The summed E-state index contributed by atoms with van der Waals surface area (Å²) in [4.78, 5) is 10.7. The number of aliphatic carboxylic acids is 1. The van der Waals surface area contributed by atoms with Crippen molar-refractivity contribution in [2.75, 3.05) is 0 Å². The quantitative estimate of drug-likeness (QED) is 0.538. The van der Waals surface area contributed by atoms with Crippen LogP contribution in [0.15, 0.2) is 48.1 Å². The van der Waals surface area contributed by atoms with Crippen LogP contribution in [-0.4, -0.2) is 11.1 Å². The summed E-state index contributed by atoms with van der Waals surface area (Å²) < 4.78 is 0. The zero-order valence-corrected chi connectivity index (χ0v) is 16.3. The molecule has 0 aliphatic heterocycles. The Balaban J connectivity index is 2.34. The topological polar surface area (TPSA) is 37.3 Å². The SMILES string of the molecule is CC(=C/C(=O)O)/C=C/C=C(\C)c1ccc2c(c1)C(C)(C)CCC2(C)C. The van der Waals surface area contributed by atoms with Gasteiger partial charge in [-0.15, -0.1) is 0 Å². The van der Waals surface area contributed by atoms with Gasteiger partial charge in [0.1, 0.15) is 0 Å². The summed E-state index contributed by atoms with van der Waals surface area (Å²) in [6.45, 7) is 13.2. The third-order valence-electron chi connectivity index (χ3n) is 5.36. The highest BCUT2D eigenvalue weighted by atomic mass is 16.4. The zero-order valence-electron chi connectivity index (χ0n) is 16.3. The summed E-state index contributed by atoms with van der Waals surface area (Å²) in [5, 5.41) is 8.75. The number of hydrogen-bond donors (Lipinski definition) is 1. The van der Waals surface area contributed by atoms with E-state index in [2.05, 4.69) is 52.8 Å². The standard InChI is InChI=1S/C23H30O2/c1-16(14-21(24)25)8-7-9-17(2)18-10-11-19-20(15-18)23(5,6)13-12-22(19,3)4/h7-11,14-15H,12-13H2,1-6H3,(H,24,25)/b8-7+,16-14-,17-9+. The number of hydrogen-bond acceptors (Lipinski definition) is 1. The minimum absolute atomic E-state index is 0.206. The van der Waals surface area contributed by atoms with Crippen LogP contribution < -0.4 is 0 Å². The molecule has 2 rings (SSSR count). The minimum atomic E-state index is -0.914. The lowest BCUT2D eigenvalue weighted by molar-refractivity contribution is -0.131. The summed E-state index contributed by atoms with van der Waals surface area (Å²) >= 11 is 0. The zero-order chi connectivity index (χ0) is 18.8. The molecule has 2 nitrogen and oxygen atoms in total. The Bertz CT molecular complexity index is 758. The van der Waals surface area contributed by atoms with Crippen LogP contribution in [0.4, 0.5) is 0 Å². The van der Waals surface area contributed by atoms with Crippen LogP contribution in [0.5, 0.6) is 0 Å². The van der Waals surface area contributed by atoms with Crippen LogP contribution in [0.1, 0.15) is 71.1 Å². The fourth-order valence-electron chi connectivity index (χ4n) is 3.52. The normalized spacial score (nSPS) is 19.8. The highest BCUT2D eigenvalue weighted by molar-refractivity contribution is 5.81. The van der Waals surface area contributed by atoms with Crippen molar-refractivity contribution in [1.29, 1.82) is 0 Å². The molecule has 0 radical (unpaired) electrons. The Morgan fingerprint density at radius 2 is 1.64 bits per heavy atom. The van der Waals surface area contributed by atoms with Crippen molar-refractivity contribution in [3.63, 3.8) is 0 Å². The predicted octanol–water partition coefficient (Wildman–Crippen LogP) is 6.03. The first-order valence-electron chi connectivity index (χ1n) is 8.94. The van der Waals surface area contributed by atoms with Gasteiger partial charge in [0.2, 0.25) is 0 Å². The van der Waals surface area contributed by atoms with Crippen molar-refractivity contribution in [2.24, 2.45) is 0 Å². The lowest BCUT2D eigenvalue weighted by Crippen LogP contribution is -2.33. The molecular formula is C23H30O2. The molecule has 134 valence electrons. The molecule has 0 saturated heterocycles. The van der Waals surface area contributed by atoms with E-state index >= 15 is 0 Å². The minimum Gasteiger partial charge on any atom is -0.478 e. The molecule has 0 amide bonds. The van der Waals surface area contributed by atoms with Crippen LogP contribution >= 0.6 is 0 Å². The molecule has 0 aromatic heterocycles. The van der Waals surface area contributed by atoms with Gasteiger partial charge in [0, 0.05) is 6.08 Å². The first kappa shape index (κ1) is 19.2. The van der Waals surface area contributed by atoms with Gasteiger partial charge in [-0.25, -0.2) is 4.79 Å². The second-order valence-electron chi connectivity index (χ2n) is 8.46. The Morgan fingerprint density at radius 1 is 1.04 bits per heavy atom. The monoisotopic (exact) mass is 338 g/mol. The van der Waals surface area contributed by atoms with E-state index in [0.29, 0.717) is 0 Å². The van der Waals surface area contributed by atoms with Crippen molar-refractivity contribution >= 4 is 11.5 Å². The molecule has 2 heteroatoms.